The van der Waals surface area contributed by atoms with Crippen LogP contribution in [0.4, 0.5) is 0 Å². The number of hydrogen-bond acceptors (Lipinski definition) is 3. The lowest BCUT2D eigenvalue weighted by Gasteiger charge is -1.93. The van der Waals surface area contributed by atoms with Crippen LogP contribution in [-0.4, -0.2) is 16.1 Å². The Balaban J connectivity index is 2.93. The van der Waals surface area contributed by atoms with Crippen molar-refractivity contribution < 1.29 is 4.79 Å². The van der Waals surface area contributed by atoms with E-state index >= 15 is 0 Å². The number of amides is 1. The van der Waals surface area contributed by atoms with Crippen molar-refractivity contribution in [3.05, 3.63) is 15.5 Å². The van der Waals surface area contributed by atoms with E-state index in [9.17, 15) is 4.79 Å². The third kappa shape index (κ3) is 1.27. The molecule has 54 valence electrons. The summed E-state index contributed by atoms with van der Waals surface area (Å²) in [7, 11) is 0. The van der Waals surface area contributed by atoms with Gasteiger partial charge in [-0.05, 0) is 22.6 Å². The van der Waals surface area contributed by atoms with Crippen LogP contribution in [0.25, 0.3) is 0 Å². The first-order valence-corrected chi connectivity index (χ1v) is 3.53. The molecule has 0 fully saturated rings. The van der Waals surface area contributed by atoms with Crippen molar-refractivity contribution in [2.24, 2.45) is 5.84 Å². The number of carbonyl (C=O) groups is 1. The summed E-state index contributed by atoms with van der Waals surface area (Å²) in [5.74, 6) is 4.52. The zero-order valence-electron chi connectivity index (χ0n) is 4.89. The molecule has 0 aliphatic carbocycles. The van der Waals surface area contributed by atoms with E-state index in [-0.39, 0.29) is 5.91 Å². The number of nitrogens with zero attached hydrogens (tertiary/aromatic N) is 1. The van der Waals surface area contributed by atoms with Gasteiger partial charge in [0.25, 0.3) is 5.91 Å². The summed E-state index contributed by atoms with van der Waals surface area (Å²) in [5.41, 5.74) is 2.38. The Labute approximate surface area is 70.5 Å². The fourth-order valence-corrected chi connectivity index (χ4v) is 1.01. The quantitative estimate of drug-likeness (QED) is 0.275. The van der Waals surface area contributed by atoms with Crippen LogP contribution in [0.1, 0.15) is 10.5 Å². The van der Waals surface area contributed by atoms with E-state index < -0.39 is 0 Å². The first-order valence-electron chi connectivity index (χ1n) is 2.45. The van der Waals surface area contributed by atoms with Gasteiger partial charge < -0.3 is 0 Å². The van der Waals surface area contributed by atoms with E-state index in [4.69, 9.17) is 5.84 Å². The van der Waals surface area contributed by atoms with Crippen molar-refractivity contribution in [1.29, 1.82) is 0 Å². The summed E-state index contributed by atoms with van der Waals surface area (Å²) in [6, 6.07) is 0. The number of aromatic amines is 1. The Hall–Kier alpha value is -0.630. The Kier molecular flexibility index (Phi) is 2.22. The van der Waals surface area contributed by atoms with Gasteiger partial charge in [-0.1, -0.05) is 0 Å². The zero-order valence-corrected chi connectivity index (χ0v) is 7.05. The molecule has 4 N–H and O–H groups in total. The maximum atomic E-state index is 10.8. The number of nitrogens with one attached hydrogen (secondary N) is 2. The topological polar surface area (TPSA) is 83.8 Å². The molecule has 0 spiro atoms. The molecule has 1 heterocycles. The second-order valence-electron chi connectivity index (χ2n) is 1.57. The van der Waals surface area contributed by atoms with Gasteiger partial charge in [-0.15, -0.1) is 0 Å². The third-order valence-corrected chi connectivity index (χ3v) is 1.77. The smallest absolute Gasteiger partial charge is 0.284 e. The van der Waals surface area contributed by atoms with Crippen LogP contribution in [0.3, 0.4) is 0 Å². The van der Waals surface area contributed by atoms with E-state index in [1.54, 1.807) is 6.20 Å². The molecule has 0 bridgehead atoms. The van der Waals surface area contributed by atoms with Crippen molar-refractivity contribution in [1.82, 2.24) is 15.6 Å². The molecule has 1 aromatic rings. The van der Waals surface area contributed by atoms with Gasteiger partial charge in [-0.25, -0.2) is 5.84 Å². The molecule has 0 aliphatic rings. The molecule has 1 aromatic heterocycles. The summed E-state index contributed by atoms with van der Waals surface area (Å²) >= 11 is 1.98. The minimum Gasteiger partial charge on any atom is -0.289 e. The van der Waals surface area contributed by atoms with Crippen LogP contribution in [0.2, 0.25) is 0 Å². The fourth-order valence-electron chi connectivity index (χ4n) is 0.503. The Morgan fingerprint density at radius 3 is 3.00 bits per heavy atom. The first kappa shape index (κ1) is 7.48. The van der Waals surface area contributed by atoms with Gasteiger partial charge in [0.2, 0.25) is 0 Å². The highest BCUT2D eigenvalue weighted by atomic mass is 127. The minimum atomic E-state index is -0.359. The number of halogens is 1. The summed E-state index contributed by atoms with van der Waals surface area (Å²) in [4.78, 5) is 10.8. The van der Waals surface area contributed by atoms with Crippen LogP contribution in [0, 0.1) is 3.57 Å². The molecule has 10 heavy (non-hydrogen) atoms. The standard InChI is InChI=1S/C4H5IN4O/c5-2-1-7-9-3(2)4(10)8-6/h1H,6H2,(H,7,9)(H,8,10). The summed E-state index contributed by atoms with van der Waals surface area (Å²) in [6.45, 7) is 0. The van der Waals surface area contributed by atoms with Crippen LogP contribution in [-0.2, 0) is 0 Å². The zero-order chi connectivity index (χ0) is 7.56. The molecule has 1 rings (SSSR count). The van der Waals surface area contributed by atoms with Gasteiger partial charge in [0.05, 0.1) is 9.77 Å². The molecule has 5 nitrogen and oxygen atoms in total. The largest absolute Gasteiger partial charge is 0.289 e. The van der Waals surface area contributed by atoms with Crippen LogP contribution in [0.15, 0.2) is 6.20 Å². The molecule has 0 atom stereocenters. The van der Waals surface area contributed by atoms with E-state index in [0.717, 1.165) is 3.57 Å². The van der Waals surface area contributed by atoms with Gasteiger partial charge in [0.15, 0.2) is 0 Å². The van der Waals surface area contributed by atoms with E-state index in [1.807, 2.05) is 28.0 Å². The average molecular weight is 252 g/mol. The number of hydrogen-bond donors (Lipinski definition) is 3. The SMILES string of the molecule is NNC(=O)c1[nH]ncc1I. The van der Waals surface area contributed by atoms with Gasteiger partial charge in [-0.2, -0.15) is 5.10 Å². The molecule has 0 radical (unpaired) electrons. The Bertz CT molecular complexity index is 245. The lowest BCUT2D eigenvalue weighted by molar-refractivity contribution is 0.0948. The number of carbonyl (C=O) groups excluding carboxylic acids is 1. The van der Waals surface area contributed by atoms with Crippen molar-refractivity contribution in [3.63, 3.8) is 0 Å². The van der Waals surface area contributed by atoms with Crippen molar-refractivity contribution >= 4 is 28.5 Å². The van der Waals surface area contributed by atoms with Gasteiger partial charge in [0.1, 0.15) is 5.69 Å². The molecular formula is C4H5IN4O. The molecular weight excluding hydrogens is 247 g/mol. The van der Waals surface area contributed by atoms with E-state index in [1.165, 1.54) is 0 Å². The second kappa shape index (κ2) is 2.97. The van der Waals surface area contributed by atoms with Crippen molar-refractivity contribution in [3.8, 4) is 0 Å². The minimum absolute atomic E-state index is 0.359. The van der Waals surface area contributed by atoms with Crippen molar-refractivity contribution in [2.45, 2.75) is 0 Å². The summed E-state index contributed by atoms with van der Waals surface area (Å²) < 4.78 is 0.751. The van der Waals surface area contributed by atoms with Crippen LogP contribution in [0.5, 0.6) is 0 Å². The van der Waals surface area contributed by atoms with E-state index in [0.29, 0.717) is 5.69 Å². The fraction of sp³-hybridized carbons (Fsp3) is 0. The summed E-state index contributed by atoms with van der Waals surface area (Å²) in [6.07, 6.45) is 1.55. The molecule has 0 unspecified atom stereocenters. The number of nitrogens with two attached hydrogens (primary N) is 1. The van der Waals surface area contributed by atoms with Gasteiger partial charge in [-0.3, -0.25) is 15.3 Å². The predicted octanol–water partition coefficient (Wildman–Crippen LogP) is -0.382. The monoisotopic (exact) mass is 252 g/mol. The Morgan fingerprint density at radius 1 is 1.90 bits per heavy atom. The molecule has 0 saturated heterocycles. The number of aromatic nitrogens is 2. The van der Waals surface area contributed by atoms with Gasteiger partial charge in [0, 0.05) is 0 Å². The summed E-state index contributed by atoms with van der Waals surface area (Å²) in [5, 5.41) is 6.15. The number of hydrazine groups is 1. The van der Waals surface area contributed by atoms with Gasteiger partial charge >= 0.3 is 0 Å². The van der Waals surface area contributed by atoms with Crippen LogP contribution >= 0.6 is 22.6 Å². The number of H-pyrrole nitrogens is 1. The second-order valence-corrected chi connectivity index (χ2v) is 2.73. The van der Waals surface area contributed by atoms with Crippen molar-refractivity contribution in [2.75, 3.05) is 0 Å². The van der Waals surface area contributed by atoms with Crippen LogP contribution < -0.4 is 11.3 Å². The lowest BCUT2D eigenvalue weighted by atomic mass is 10.4. The Morgan fingerprint density at radius 2 is 2.60 bits per heavy atom. The molecule has 0 saturated carbocycles. The lowest BCUT2D eigenvalue weighted by Crippen LogP contribution is -2.30. The molecule has 1 amide bonds. The highest BCUT2D eigenvalue weighted by Gasteiger charge is 2.08. The molecule has 0 aromatic carbocycles. The highest BCUT2D eigenvalue weighted by molar-refractivity contribution is 14.1. The third-order valence-electron chi connectivity index (χ3n) is 0.951. The number of rotatable bonds is 1. The average Bonchev–Trinajstić information content (AvgIpc) is 2.34. The number of nitrogen functional groups attached to an aromatic ring is 1. The highest BCUT2D eigenvalue weighted by Crippen LogP contribution is 2.06. The maximum Gasteiger partial charge on any atom is 0.284 e. The predicted molar refractivity (Wildman–Crippen MR) is 43.0 cm³/mol. The normalized spacial score (nSPS) is 9.40. The maximum absolute atomic E-state index is 10.8. The molecule has 6 heteroatoms. The van der Waals surface area contributed by atoms with E-state index in [2.05, 4.69) is 10.2 Å². The first-order chi connectivity index (χ1) is 4.75. The molecule has 0 aliphatic heterocycles.